The molecule has 0 aromatic heterocycles. The number of anilines is 1. The van der Waals surface area contributed by atoms with Crippen LogP contribution in [0.15, 0.2) is 42.5 Å². The molecule has 0 amide bonds. The number of benzene rings is 2. The molecule has 0 aliphatic heterocycles. The number of methoxy groups -OCH3 is 1. The second kappa shape index (κ2) is 6.67. The molecule has 0 saturated heterocycles. The topological polar surface area (TPSA) is 12.5 Å². The average Bonchev–Trinajstić information content (AvgIpc) is 2.47. The van der Waals surface area contributed by atoms with Gasteiger partial charge in [0.15, 0.2) is 0 Å². The number of rotatable bonds is 5. The van der Waals surface area contributed by atoms with Crippen molar-refractivity contribution in [2.75, 3.05) is 19.1 Å². The molecule has 0 fully saturated rings. The quantitative estimate of drug-likeness (QED) is 0.758. The van der Waals surface area contributed by atoms with Crippen molar-refractivity contribution in [1.82, 2.24) is 0 Å². The van der Waals surface area contributed by atoms with Crippen LogP contribution in [0.4, 0.5) is 5.69 Å². The zero-order chi connectivity index (χ0) is 14.5. The van der Waals surface area contributed by atoms with Gasteiger partial charge in [0.1, 0.15) is 5.75 Å². The summed E-state index contributed by atoms with van der Waals surface area (Å²) in [5.74, 6) is 1.45. The Morgan fingerprint density at radius 3 is 2.55 bits per heavy atom. The van der Waals surface area contributed by atoms with E-state index in [2.05, 4.69) is 49.2 Å². The minimum Gasteiger partial charge on any atom is -0.497 e. The SMILES string of the molecule is COc1cccc(CN(C)c2ccc(CCl)cc2C)c1. The highest BCUT2D eigenvalue weighted by Gasteiger charge is 2.07. The number of nitrogens with zero attached hydrogens (tertiary/aromatic N) is 1. The summed E-state index contributed by atoms with van der Waals surface area (Å²) in [7, 11) is 3.79. The zero-order valence-electron chi connectivity index (χ0n) is 12.2. The maximum absolute atomic E-state index is 5.87. The van der Waals surface area contributed by atoms with Crippen LogP contribution in [0.5, 0.6) is 5.75 Å². The van der Waals surface area contributed by atoms with Crippen molar-refractivity contribution in [3.8, 4) is 5.75 Å². The molecule has 2 nitrogen and oxygen atoms in total. The van der Waals surface area contributed by atoms with Gasteiger partial charge in [0.25, 0.3) is 0 Å². The van der Waals surface area contributed by atoms with Gasteiger partial charge in [0, 0.05) is 25.2 Å². The lowest BCUT2D eigenvalue weighted by Gasteiger charge is -2.22. The molecule has 0 aliphatic carbocycles. The third kappa shape index (κ3) is 3.45. The molecule has 2 aromatic carbocycles. The van der Waals surface area contributed by atoms with Crippen LogP contribution in [-0.2, 0) is 12.4 Å². The van der Waals surface area contributed by atoms with Crippen molar-refractivity contribution in [3.63, 3.8) is 0 Å². The summed E-state index contributed by atoms with van der Waals surface area (Å²) < 4.78 is 5.26. The number of alkyl halides is 1. The highest BCUT2D eigenvalue weighted by atomic mass is 35.5. The summed E-state index contributed by atoms with van der Waals surface area (Å²) >= 11 is 5.87. The Morgan fingerprint density at radius 2 is 1.90 bits per heavy atom. The monoisotopic (exact) mass is 289 g/mol. The van der Waals surface area contributed by atoms with E-state index in [1.165, 1.54) is 16.8 Å². The van der Waals surface area contributed by atoms with Crippen LogP contribution in [0.2, 0.25) is 0 Å². The van der Waals surface area contributed by atoms with Crippen LogP contribution in [0, 0.1) is 6.92 Å². The Labute approximate surface area is 125 Å². The molecule has 20 heavy (non-hydrogen) atoms. The first kappa shape index (κ1) is 14.7. The molecule has 0 spiro atoms. The predicted molar refractivity (Wildman–Crippen MR) is 85.8 cm³/mol. The van der Waals surface area contributed by atoms with Crippen molar-refractivity contribution >= 4 is 17.3 Å². The first-order valence-electron chi connectivity index (χ1n) is 6.63. The van der Waals surface area contributed by atoms with Crippen LogP contribution in [-0.4, -0.2) is 14.2 Å². The molecule has 2 rings (SSSR count). The van der Waals surface area contributed by atoms with Gasteiger partial charge in [0.05, 0.1) is 7.11 Å². The van der Waals surface area contributed by atoms with Crippen LogP contribution in [0.3, 0.4) is 0 Å². The van der Waals surface area contributed by atoms with Crippen LogP contribution < -0.4 is 9.64 Å². The van der Waals surface area contributed by atoms with E-state index in [9.17, 15) is 0 Å². The van der Waals surface area contributed by atoms with Gasteiger partial charge in [-0.25, -0.2) is 0 Å². The van der Waals surface area contributed by atoms with Crippen molar-refractivity contribution in [2.24, 2.45) is 0 Å². The molecule has 0 heterocycles. The molecule has 0 saturated carbocycles. The molecule has 2 aromatic rings. The summed E-state index contributed by atoms with van der Waals surface area (Å²) in [6.45, 7) is 2.96. The lowest BCUT2D eigenvalue weighted by Crippen LogP contribution is -2.17. The van der Waals surface area contributed by atoms with E-state index in [0.29, 0.717) is 5.88 Å². The summed E-state index contributed by atoms with van der Waals surface area (Å²) in [5, 5.41) is 0. The fourth-order valence-electron chi connectivity index (χ4n) is 2.36. The zero-order valence-corrected chi connectivity index (χ0v) is 12.9. The normalized spacial score (nSPS) is 10.4. The molecular formula is C17H20ClNO. The molecular weight excluding hydrogens is 270 g/mol. The molecule has 0 unspecified atom stereocenters. The average molecular weight is 290 g/mol. The maximum atomic E-state index is 5.87. The van der Waals surface area contributed by atoms with Crippen LogP contribution in [0.25, 0.3) is 0 Å². The second-order valence-corrected chi connectivity index (χ2v) is 5.23. The van der Waals surface area contributed by atoms with Gasteiger partial charge in [-0.3, -0.25) is 0 Å². The fraction of sp³-hybridized carbons (Fsp3) is 0.294. The third-order valence-corrected chi connectivity index (χ3v) is 3.69. The van der Waals surface area contributed by atoms with E-state index in [1.807, 2.05) is 12.1 Å². The summed E-state index contributed by atoms with van der Waals surface area (Å²) in [5.41, 5.74) is 4.85. The highest BCUT2D eigenvalue weighted by molar-refractivity contribution is 6.17. The van der Waals surface area contributed by atoms with Gasteiger partial charge >= 0.3 is 0 Å². The van der Waals surface area contributed by atoms with Crippen LogP contribution in [0.1, 0.15) is 16.7 Å². The van der Waals surface area contributed by atoms with E-state index in [1.54, 1.807) is 7.11 Å². The molecule has 3 heteroatoms. The Morgan fingerprint density at radius 1 is 1.10 bits per heavy atom. The van der Waals surface area contributed by atoms with Crippen molar-refractivity contribution in [1.29, 1.82) is 0 Å². The summed E-state index contributed by atoms with van der Waals surface area (Å²) in [6, 6.07) is 14.5. The first-order valence-corrected chi connectivity index (χ1v) is 7.17. The van der Waals surface area contributed by atoms with Crippen molar-refractivity contribution in [3.05, 3.63) is 59.2 Å². The number of aryl methyl sites for hydroxylation is 1. The molecule has 0 N–H and O–H groups in total. The minimum absolute atomic E-state index is 0.556. The Hall–Kier alpha value is -1.67. The van der Waals surface area contributed by atoms with Gasteiger partial charge in [-0.05, 0) is 41.8 Å². The number of hydrogen-bond acceptors (Lipinski definition) is 2. The molecule has 106 valence electrons. The second-order valence-electron chi connectivity index (χ2n) is 4.96. The van der Waals surface area contributed by atoms with Crippen LogP contribution >= 0.6 is 11.6 Å². The predicted octanol–water partition coefficient (Wildman–Crippen LogP) is 4.38. The largest absolute Gasteiger partial charge is 0.497 e. The highest BCUT2D eigenvalue weighted by Crippen LogP contribution is 2.23. The Kier molecular flexibility index (Phi) is 4.91. The minimum atomic E-state index is 0.556. The van der Waals surface area contributed by atoms with E-state index in [-0.39, 0.29) is 0 Å². The fourth-order valence-corrected chi connectivity index (χ4v) is 2.53. The Bertz CT molecular complexity index is 583. The maximum Gasteiger partial charge on any atom is 0.119 e. The van der Waals surface area contributed by atoms with E-state index in [0.717, 1.165) is 17.9 Å². The van der Waals surface area contributed by atoms with Gasteiger partial charge in [0.2, 0.25) is 0 Å². The summed E-state index contributed by atoms with van der Waals surface area (Å²) in [6.07, 6.45) is 0. The first-order chi connectivity index (χ1) is 9.63. The number of halogens is 1. The van der Waals surface area contributed by atoms with Gasteiger partial charge in [-0.15, -0.1) is 11.6 Å². The smallest absolute Gasteiger partial charge is 0.119 e. The molecule has 0 aliphatic rings. The van der Waals surface area contributed by atoms with E-state index in [4.69, 9.17) is 16.3 Å². The molecule has 0 atom stereocenters. The van der Waals surface area contributed by atoms with Gasteiger partial charge in [-0.2, -0.15) is 0 Å². The summed E-state index contributed by atoms with van der Waals surface area (Å²) in [4.78, 5) is 2.24. The number of hydrogen-bond donors (Lipinski definition) is 0. The Balaban J connectivity index is 2.16. The van der Waals surface area contributed by atoms with Gasteiger partial charge < -0.3 is 9.64 Å². The van der Waals surface area contributed by atoms with Crippen molar-refractivity contribution in [2.45, 2.75) is 19.3 Å². The third-order valence-electron chi connectivity index (χ3n) is 3.38. The van der Waals surface area contributed by atoms with E-state index < -0.39 is 0 Å². The molecule has 0 bridgehead atoms. The number of ether oxygens (including phenoxy) is 1. The van der Waals surface area contributed by atoms with Crippen molar-refractivity contribution < 1.29 is 4.74 Å². The lowest BCUT2D eigenvalue weighted by atomic mass is 10.1. The van der Waals surface area contributed by atoms with E-state index >= 15 is 0 Å². The lowest BCUT2D eigenvalue weighted by molar-refractivity contribution is 0.414. The standard InChI is InChI=1S/C17H20ClNO/c1-13-9-14(11-18)7-8-17(13)19(2)12-15-5-4-6-16(10-15)20-3/h4-10H,11-12H2,1-3H3. The molecule has 0 radical (unpaired) electrons. The van der Waals surface area contributed by atoms with Gasteiger partial charge in [-0.1, -0.05) is 24.3 Å².